The largest absolute Gasteiger partial charge is 0.455 e. The molecule has 1 N–H and O–H groups in total. The highest BCUT2D eigenvalue weighted by atomic mass is 32.2. The number of carbonyl (C=O) groups is 3. The van der Waals surface area contributed by atoms with Crippen LogP contribution in [-0.4, -0.2) is 76.5 Å². The Hall–Kier alpha value is -1.35. The van der Waals surface area contributed by atoms with Crippen LogP contribution in [0.5, 0.6) is 0 Å². The molecule has 0 aliphatic carbocycles. The van der Waals surface area contributed by atoms with Crippen molar-refractivity contribution < 1.29 is 19.1 Å². The van der Waals surface area contributed by atoms with Crippen LogP contribution in [0.15, 0.2) is 0 Å². The van der Waals surface area contributed by atoms with E-state index in [0.717, 1.165) is 25.9 Å². The fraction of sp³-hybridized carbons (Fsp3) is 0.778. The second kappa shape index (κ2) is 10.8. The standard InChI is InChI=1S/C18H31N3O4S2/c1-13-6-8-21(9-7-13)17(26)27-12-16(24)25-11-15(23)20(5)10-14(22)19-18(2,3)4/h13H,6-12H2,1-5H3,(H,19,22). The number of likely N-dealkylation sites (N-methyl/N-ethyl adjacent to an activating group) is 1. The average Bonchev–Trinajstić information content (AvgIpc) is 2.56. The zero-order valence-corrected chi connectivity index (χ0v) is 18.5. The van der Waals surface area contributed by atoms with Crippen molar-refractivity contribution in [3.8, 4) is 0 Å². The van der Waals surface area contributed by atoms with E-state index in [9.17, 15) is 14.4 Å². The molecule has 0 radical (unpaired) electrons. The van der Waals surface area contributed by atoms with E-state index < -0.39 is 11.9 Å². The molecule has 9 heteroatoms. The highest BCUT2D eigenvalue weighted by Crippen LogP contribution is 2.20. The summed E-state index contributed by atoms with van der Waals surface area (Å²) in [6.45, 7) is 9.19. The first-order chi connectivity index (χ1) is 12.5. The van der Waals surface area contributed by atoms with Crippen molar-refractivity contribution >= 4 is 46.1 Å². The Kier molecular flexibility index (Phi) is 9.52. The number of nitrogens with zero attached hydrogens (tertiary/aromatic N) is 2. The highest BCUT2D eigenvalue weighted by molar-refractivity contribution is 8.23. The van der Waals surface area contributed by atoms with Crippen LogP contribution in [0.4, 0.5) is 0 Å². The van der Waals surface area contributed by atoms with Crippen molar-refractivity contribution in [1.82, 2.24) is 15.1 Å². The van der Waals surface area contributed by atoms with Crippen molar-refractivity contribution in [3.63, 3.8) is 0 Å². The van der Waals surface area contributed by atoms with E-state index >= 15 is 0 Å². The molecule has 27 heavy (non-hydrogen) atoms. The van der Waals surface area contributed by atoms with Crippen molar-refractivity contribution in [2.45, 2.75) is 46.1 Å². The summed E-state index contributed by atoms with van der Waals surface area (Å²) >= 11 is 6.62. The minimum absolute atomic E-state index is 0.0758. The van der Waals surface area contributed by atoms with E-state index in [0.29, 0.717) is 10.2 Å². The van der Waals surface area contributed by atoms with Crippen LogP contribution in [0.3, 0.4) is 0 Å². The van der Waals surface area contributed by atoms with E-state index in [1.165, 1.54) is 23.7 Å². The number of thiocarbonyl (C=S) groups is 1. The topological polar surface area (TPSA) is 79.0 Å². The Balaban J connectivity index is 2.25. The Morgan fingerprint density at radius 1 is 1.26 bits per heavy atom. The molecule has 2 amide bonds. The van der Waals surface area contributed by atoms with Crippen LogP contribution in [0, 0.1) is 5.92 Å². The van der Waals surface area contributed by atoms with Crippen LogP contribution in [0.2, 0.25) is 0 Å². The number of hydrogen-bond donors (Lipinski definition) is 1. The molecular formula is C18H31N3O4S2. The lowest BCUT2D eigenvalue weighted by molar-refractivity contribution is -0.149. The molecule has 0 spiro atoms. The van der Waals surface area contributed by atoms with Gasteiger partial charge < -0.3 is 19.9 Å². The number of rotatable bonds is 6. The van der Waals surface area contributed by atoms with Crippen molar-refractivity contribution in [3.05, 3.63) is 0 Å². The summed E-state index contributed by atoms with van der Waals surface area (Å²) in [5.41, 5.74) is -0.366. The Morgan fingerprint density at radius 2 is 1.85 bits per heavy atom. The molecule has 1 aliphatic heterocycles. The normalized spacial score (nSPS) is 15.2. The molecule has 7 nitrogen and oxygen atoms in total. The van der Waals surface area contributed by atoms with E-state index in [2.05, 4.69) is 17.1 Å². The minimum atomic E-state index is -0.492. The summed E-state index contributed by atoms with van der Waals surface area (Å²) in [5, 5.41) is 2.77. The summed E-state index contributed by atoms with van der Waals surface area (Å²) in [4.78, 5) is 39.0. The fourth-order valence-electron chi connectivity index (χ4n) is 2.46. The lowest BCUT2D eigenvalue weighted by Gasteiger charge is -2.31. The first kappa shape index (κ1) is 23.7. The molecule has 0 saturated carbocycles. The molecule has 0 unspecified atom stereocenters. The lowest BCUT2D eigenvalue weighted by atomic mass is 10.00. The maximum absolute atomic E-state index is 12.0. The number of thioether (sulfide) groups is 1. The van der Waals surface area contributed by atoms with Gasteiger partial charge in [0, 0.05) is 25.7 Å². The number of nitrogens with one attached hydrogen (secondary N) is 1. The molecule has 1 saturated heterocycles. The van der Waals surface area contributed by atoms with Crippen LogP contribution in [-0.2, 0) is 19.1 Å². The summed E-state index contributed by atoms with van der Waals surface area (Å²) in [5.74, 6) is -0.389. The van der Waals surface area contributed by atoms with Crippen LogP contribution < -0.4 is 5.32 Å². The molecule has 0 aromatic rings. The van der Waals surface area contributed by atoms with Crippen molar-refractivity contribution in [2.24, 2.45) is 5.92 Å². The lowest BCUT2D eigenvalue weighted by Crippen LogP contribution is -2.47. The van der Waals surface area contributed by atoms with Gasteiger partial charge in [0.15, 0.2) is 6.61 Å². The van der Waals surface area contributed by atoms with Crippen LogP contribution >= 0.6 is 24.0 Å². The van der Waals surface area contributed by atoms with Gasteiger partial charge in [-0.3, -0.25) is 14.4 Å². The molecule has 1 fully saturated rings. The molecule has 1 aliphatic rings. The van der Waals surface area contributed by atoms with E-state index in [1.807, 2.05) is 20.8 Å². The summed E-state index contributed by atoms with van der Waals surface area (Å²) in [6, 6.07) is 0. The van der Waals surface area contributed by atoms with Gasteiger partial charge >= 0.3 is 5.97 Å². The molecule has 1 rings (SSSR count). The third-order valence-corrected chi connectivity index (χ3v) is 5.53. The monoisotopic (exact) mass is 417 g/mol. The second-order valence-corrected chi connectivity index (χ2v) is 9.54. The smallest absolute Gasteiger partial charge is 0.316 e. The number of likely N-dealkylation sites (tertiary alicyclic amines) is 1. The zero-order valence-electron chi connectivity index (χ0n) is 16.9. The van der Waals surface area contributed by atoms with Gasteiger partial charge in [-0.05, 0) is 39.5 Å². The molecule has 0 bridgehead atoms. The van der Waals surface area contributed by atoms with E-state index in [1.54, 1.807) is 0 Å². The predicted molar refractivity (Wildman–Crippen MR) is 112 cm³/mol. The first-order valence-electron chi connectivity index (χ1n) is 9.10. The number of esters is 1. The number of amides is 2. The fourth-order valence-corrected chi connectivity index (χ4v) is 3.51. The zero-order chi connectivity index (χ0) is 20.6. The molecule has 0 aromatic heterocycles. The molecule has 0 atom stereocenters. The third-order valence-electron chi connectivity index (χ3n) is 4.03. The van der Waals surface area contributed by atoms with Gasteiger partial charge in [-0.1, -0.05) is 30.9 Å². The average molecular weight is 418 g/mol. The highest BCUT2D eigenvalue weighted by Gasteiger charge is 2.21. The van der Waals surface area contributed by atoms with Gasteiger partial charge in [-0.25, -0.2) is 0 Å². The van der Waals surface area contributed by atoms with Gasteiger partial charge in [0.2, 0.25) is 5.91 Å². The summed E-state index contributed by atoms with van der Waals surface area (Å²) in [7, 11) is 1.50. The van der Waals surface area contributed by atoms with Gasteiger partial charge in [0.05, 0.1) is 12.3 Å². The predicted octanol–water partition coefficient (Wildman–Crippen LogP) is 1.65. The third kappa shape index (κ3) is 9.95. The molecule has 154 valence electrons. The molecular weight excluding hydrogens is 386 g/mol. The summed E-state index contributed by atoms with van der Waals surface area (Å²) < 4.78 is 5.70. The van der Waals surface area contributed by atoms with Gasteiger partial charge in [0.1, 0.15) is 4.32 Å². The first-order valence-corrected chi connectivity index (χ1v) is 10.5. The van der Waals surface area contributed by atoms with E-state index in [-0.39, 0.29) is 30.4 Å². The quantitative estimate of drug-likeness (QED) is 0.520. The molecule has 1 heterocycles. The Morgan fingerprint density at radius 3 is 2.41 bits per heavy atom. The Labute approximate surface area is 171 Å². The maximum Gasteiger partial charge on any atom is 0.316 e. The van der Waals surface area contributed by atoms with Gasteiger partial charge in [-0.15, -0.1) is 0 Å². The SMILES string of the molecule is CC1CCN(C(=S)SCC(=O)OCC(=O)N(C)CC(=O)NC(C)(C)C)CC1. The minimum Gasteiger partial charge on any atom is -0.455 e. The second-order valence-electron chi connectivity index (χ2n) is 7.93. The van der Waals surface area contributed by atoms with Crippen molar-refractivity contribution in [1.29, 1.82) is 0 Å². The Bertz CT molecular complexity index is 555. The number of ether oxygens (including phenoxy) is 1. The van der Waals surface area contributed by atoms with E-state index in [4.69, 9.17) is 17.0 Å². The summed E-state index contributed by atoms with van der Waals surface area (Å²) in [6.07, 6.45) is 2.21. The molecule has 0 aromatic carbocycles. The number of carbonyl (C=O) groups excluding carboxylic acids is 3. The van der Waals surface area contributed by atoms with Gasteiger partial charge in [0.25, 0.3) is 5.91 Å². The maximum atomic E-state index is 12.0. The van der Waals surface area contributed by atoms with Crippen LogP contribution in [0.25, 0.3) is 0 Å². The van der Waals surface area contributed by atoms with Crippen molar-refractivity contribution in [2.75, 3.05) is 39.0 Å². The van der Waals surface area contributed by atoms with Gasteiger partial charge in [-0.2, -0.15) is 0 Å². The number of piperidine rings is 1. The number of hydrogen-bond acceptors (Lipinski definition) is 6. The van der Waals surface area contributed by atoms with Crippen LogP contribution in [0.1, 0.15) is 40.5 Å².